The number of thioether (sulfide) groups is 1. The SMILES string of the molecule is CSc1cccc(NC(=O)C(C)N(C)CCO)c1. The van der Waals surface area contributed by atoms with E-state index >= 15 is 0 Å². The van der Waals surface area contributed by atoms with Crippen LogP contribution in [0.4, 0.5) is 5.69 Å². The molecule has 1 rings (SSSR count). The Balaban J connectivity index is 2.63. The van der Waals surface area contributed by atoms with Crippen molar-refractivity contribution in [1.29, 1.82) is 0 Å². The largest absolute Gasteiger partial charge is 0.395 e. The van der Waals surface area contributed by atoms with Crippen LogP contribution in [0.2, 0.25) is 0 Å². The molecule has 0 aliphatic carbocycles. The summed E-state index contributed by atoms with van der Waals surface area (Å²) < 4.78 is 0. The zero-order valence-electron chi connectivity index (χ0n) is 11.0. The molecule has 0 spiro atoms. The number of benzene rings is 1. The van der Waals surface area contributed by atoms with E-state index in [1.807, 2.05) is 49.4 Å². The summed E-state index contributed by atoms with van der Waals surface area (Å²) in [4.78, 5) is 14.9. The van der Waals surface area contributed by atoms with Crippen LogP contribution in [0.15, 0.2) is 29.2 Å². The maximum atomic E-state index is 12.0. The van der Waals surface area contributed by atoms with Crippen LogP contribution in [0, 0.1) is 0 Å². The molecule has 0 saturated carbocycles. The smallest absolute Gasteiger partial charge is 0.241 e. The maximum Gasteiger partial charge on any atom is 0.241 e. The number of rotatable bonds is 6. The monoisotopic (exact) mass is 268 g/mol. The summed E-state index contributed by atoms with van der Waals surface area (Å²) >= 11 is 1.64. The fraction of sp³-hybridized carbons (Fsp3) is 0.462. The van der Waals surface area contributed by atoms with E-state index < -0.39 is 0 Å². The first kappa shape index (κ1) is 15.0. The number of likely N-dealkylation sites (N-methyl/N-ethyl adjacent to an activating group) is 1. The highest BCUT2D eigenvalue weighted by molar-refractivity contribution is 7.98. The van der Waals surface area contributed by atoms with Gasteiger partial charge < -0.3 is 10.4 Å². The van der Waals surface area contributed by atoms with Crippen LogP contribution >= 0.6 is 11.8 Å². The van der Waals surface area contributed by atoms with Crippen molar-refractivity contribution in [2.75, 3.05) is 31.8 Å². The molecule has 4 nitrogen and oxygen atoms in total. The molecule has 0 aliphatic heterocycles. The molecule has 0 saturated heterocycles. The van der Waals surface area contributed by atoms with Crippen molar-refractivity contribution >= 4 is 23.4 Å². The highest BCUT2D eigenvalue weighted by Crippen LogP contribution is 2.19. The number of anilines is 1. The molecule has 1 unspecified atom stereocenters. The predicted molar refractivity (Wildman–Crippen MR) is 76.0 cm³/mol. The van der Waals surface area contributed by atoms with Gasteiger partial charge in [-0.25, -0.2) is 0 Å². The number of nitrogens with one attached hydrogen (secondary N) is 1. The molecule has 1 aromatic rings. The molecule has 1 aromatic carbocycles. The van der Waals surface area contributed by atoms with Crippen molar-refractivity contribution in [3.63, 3.8) is 0 Å². The van der Waals surface area contributed by atoms with Gasteiger partial charge >= 0.3 is 0 Å². The van der Waals surface area contributed by atoms with Gasteiger partial charge in [0.2, 0.25) is 5.91 Å². The van der Waals surface area contributed by atoms with E-state index in [1.54, 1.807) is 11.8 Å². The highest BCUT2D eigenvalue weighted by atomic mass is 32.2. The van der Waals surface area contributed by atoms with E-state index in [0.29, 0.717) is 6.54 Å². The second kappa shape index (κ2) is 7.41. The number of nitrogens with zero attached hydrogens (tertiary/aromatic N) is 1. The summed E-state index contributed by atoms with van der Waals surface area (Å²) in [7, 11) is 1.82. The van der Waals surface area contributed by atoms with Crippen molar-refractivity contribution in [3.8, 4) is 0 Å². The third-order valence-corrected chi connectivity index (χ3v) is 3.56. The normalized spacial score (nSPS) is 12.5. The van der Waals surface area contributed by atoms with Crippen molar-refractivity contribution in [2.45, 2.75) is 17.9 Å². The average Bonchev–Trinajstić information content (AvgIpc) is 2.38. The van der Waals surface area contributed by atoms with Gasteiger partial charge in [-0.1, -0.05) is 6.07 Å². The molecule has 0 aromatic heterocycles. The molecule has 0 aliphatic rings. The summed E-state index contributed by atoms with van der Waals surface area (Å²) in [6, 6.07) is 7.47. The zero-order valence-corrected chi connectivity index (χ0v) is 11.8. The number of aliphatic hydroxyl groups is 1. The molecule has 18 heavy (non-hydrogen) atoms. The molecule has 100 valence electrons. The van der Waals surface area contributed by atoms with Crippen LogP contribution in [-0.2, 0) is 4.79 Å². The molecule has 1 atom stereocenters. The van der Waals surface area contributed by atoms with Gasteiger partial charge in [-0.2, -0.15) is 0 Å². The molecule has 2 N–H and O–H groups in total. The summed E-state index contributed by atoms with van der Waals surface area (Å²) in [5.41, 5.74) is 0.802. The first-order valence-electron chi connectivity index (χ1n) is 5.84. The Hall–Kier alpha value is -1.04. The lowest BCUT2D eigenvalue weighted by atomic mass is 10.2. The van der Waals surface area contributed by atoms with Crippen molar-refractivity contribution in [3.05, 3.63) is 24.3 Å². The molecule has 1 amide bonds. The Morgan fingerprint density at radius 2 is 2.28 bits per heavy atom. The number of aliphatic hydroxyl groups excluding tert-OH is 1. The van der Waals surface area contributed by atoms with E-state index in [9.17, 15) is 4.79 Å². The summed E-state index contributed by atoms with van der Waals surface area (Å²) in [5.74, 6) is -0.0656. The summed E-state index contributed by atoms with van der Waals surface area (Å²) in [6.07, 6.45) is 2.00. The van der Waals surface area contributed by atoms with Crippen LogP contribution in [0.1, 0.15) is 6.92 Å². The third-order valence-electron chi connectivity index (χ3n) is 2.83. The molecule has 0 heterocycles. The van der Waals surface area contributed by atoms with E-state index in [1.165, 1.54) is 0 Å². The minimum absolute atomic E-state index is 0.0517. The Labute approximate surface area is 112 Å². The van der Waals surface area contributed by atoms with Gasteiger partial charge in [0.15, 0.2) is 0 Å². The van der Waals surface area contributed by atoms with Gasteiger partial charge in [0.1, 0.15) is 0 Å². The van der Waals surface area contributed by atoms with Crippen LogP contribution in [0.3, 0.4) is 0 Å². The lowest BCUT2D eigenvalue weighted by molar-refractivity contribution is -0.120. The average molecular weight is 268 g/mol. The summed E-state index contributed by atoms with van der Waals surface area (Å²) in [6.45, 7) is 2.36. The van der Waals surface area contributed by atoms with Crippen LogP contribution in [0.25, 0.3) is 0 Å². The van der Waals surface area contributed by atoms with Crippen molar-refractivity contribution in [2.24, 2.45) is 0 Å². The zero-order chi connectivity index (χ0) is 13.5. The number of hydrogen-bond donors (Lipinski definition) is 2. The number of hydrogen-bond acceptors (Lipinski definition) is 4. The fourth-order valence-corrected chi connectivity index (χ4v) is 1.96. The Kier molecular flexibility index (Phi) is 6.18. The molecular weight excluding hydrogens is 248 g/mol. The standard InChI is InChI=1S/C13H20N2O2S/c1-10(15(2)7-8-16)13(17)14-11-5-4-6-12(9-11)18-3/h4-6,9-10,16H,7-8H2,1-3H3,(H,14,17). The number of amides is 1. The molecule has 0 bridgehead atoms. The van der Waals surface area contributed by atoms with Gasteiger partial charge in [0, 0.05) is 17.1 Å². The van der Waals surface area contributed by atoms with Gasteiger partial charge in [-0.3, -0.25) is 9.69 Å². The third kappa shape index (κ3) is 4.33. The molecular formula is C13H20N2O2S. The van der Waals surface area contributed by atoms with Crippen LogP contribution in [0.5, 0.6) is 0 Å². The Morgan fingerprint density at radius 3 is 2.89 bits per heavy atom. The van der Waals surface area contributed by atoms with E-state index in [2.05, 4.69) is 5.32 Å². The lowest BCUT2D eigenvalue weighted by Gasteiger charge is -2.22. The lowest BCUT2D eigenvalue weighted by Crippen LogP contribution is -2.40. The van der Waals surface area contributed by atoms with Gasteiger partial charge in [0.05, 0.1) is 12.6 Å². The maximum absolute atomic E-state index is 12.0. The Bertz CT molecular complexity index is 398. The highest BCUT2D eigenvalue weighted by Gasteiger charge is 2.17. The topological polar surface area (TPSA) is 52.6 Å². The second-order valence-corrected chi connectivity index (χ2v) is 4.98. The van der Waals surface area contributed by atoms with Crippen molar-refractivity contribution in [1.82, 2.24) is 4.90 Å². The minimum atomic E-state index is -0.268. The number of carbonyl (C=O) groups is 1. The molecule has 0 radical (unpaired) electrons. The number of carbonyl (C=O) groups excluding carboxylic acids is 1. The van der Waals surface area contributed by atoms with Gasteiger partial charge in [-0.05, 0) is 38.4 Å². The first-order valence-corrected chi connectivity index (χ1v) is 7.07. The predicted octanol–water partition coefficient (Wildman–Crippen LogP) is 1.66. The van der Waals surface area contributed by atoms with Gasteiger partial charge in [0.25, 0.3) is 0 Å². The Morgan fingerprint density at radius 1 is 1.56 bits per heavy atom. The van der Waals surface area contributed by atoms with Gasteiger partial charge in [-0.15, -0.1) is 11.8 Å². The van der Waals surface area contributed by atoms with E-state index in [0.717, 1.165) is 10.6 Å². The second-order valence-electron chi connectivity index (χ2n) is 4.10. The van der Waals surface area contributed by atoms with Crippen molar-refractivity contribution < 1.29 is 9.90 Å². The van der Waals surface area contributed by atoms with Crippen LogP contribution < -0.4 is 5.32 Å². The van der Waals surface area contributed by atoms with Crippen LogP contribution in [-0.4, -0.2) is 48.4 Å². The quantitative estimate of drug-likeness (QED) is 0.771. The molecule has 0 fully saturated rings. The van der Waals surface area contributed by atoms with E-state index in [4.69, 9.17) is 5.11 Å². The molecule has 5 heteroatoms. The minimum Gasteiger partial charge on any atom is -0.395 e. The fourth-order valence-electron chi connectivity index (χ4n) is 1.50. The summed E-state index contributed by atoms with van der Waals surface area (Å²) in [5, 5.41) is 11.7. The first-order chi connectivity index (χ1) is 8.58. The van der Waals surface area contributed by atoms with E-state index in [-0.39, 0.29) is 18.6 Å².